The molecular formula is C22H24N2O5S2. The highest BCUT2D eigenvalue weighted by Crippen LogP contribution is 2.29. The van der Waals surface area contributed by atoms with Gasteiger partial charge in [0.1, 0.15) is 17.3 Å². The molecule has 0 saturated carbocycles. The van der Waals surface area contributed by atoms with Crippen LogP contribution in [-0.2, 0) is 25.3 Å². The van der Waals surface area contributed by atoms with Crippen LogP contribution in [0.2, 0.25) is 0 Å². The number of carbonyl (C=O) groups excluding carboxylic acids is 1. The van der Waals surface area contributed by atoms with Crippen LogP contribution < -0.4 is 9.46 Å². The van der Waals surface area contributed by atoms with E-state index in [9.17, 15) is 13.2 Å². The number of sulfonamides is 1. The van der Waals surface area contributed by atoms with Gasteiger partial charge in [0.05, 0.1) is 18.6 Å². The van der Waals surface area contributed by atoms with E-state index in [1.165, 1.54) is 24.9 Å². The third-order valence-corrected chi connectivity index (χ3v) is 7.10. The highest BCUT2D eigenvalue weighted by atomic mass is 32.2. The third kappa shape index (κ3) is 5.75. The molecule has 1 aromatic heterocycles. The zero-order valence-corrected chi connectivity index (χ0v) is 18.9. The first-order valence-electron chi connectivity index (χ1n) is 9.68. The first kappa shape index (κ1) is 23.1. The molecule has 1 atom stereocenters. The number of aromatic nitrogens is 1. The second-order valence-corrected chi connectivity index (χ2v) is 9.30. The van der Waals surface area contributed by atoms with Crippen molar-refractivity contribution >= 4 is 38.7 Å². The van der Waals surface area contributed by atoms with Crippen LogP contribution in [0, 0.1) is 0 Å². The van der Waals surface area contributed by atoms with Crippen molar-refractivity contribution in [3.8, 4) is 5.75 Å². The Labute approximate surface area is 186 Å². The Bertz CT molecular complexity index is 1140. The van der Waals surface area contributed by atoms with Gasteiger partial charge in [0.15, 0.2) is 0 Å². The number of esters is 1. The molecule has 0 unspecified atom stereocenters. The topological polar surface area (TPSA) is 94.6 Å². The molecule has 31 heavy (non-hydrogen) atoms. The highest BCUT2D eigenvalue weighted by molar-refractivity contribution is 7.98. The summed E-state index contributed by atoms with van der Waals surface area (Å²) in [5, 5.41) is 0.418. The fraction of sp³-hybridized carbons (Fsp3) is 0.273. The molecule has 0 aliphatic carbocycles. The zero-order chi connectivity index (χ0) is 22.3. The Morgan fingerprint density at radius 2 is 1.90 bits per heavy atom. The number of nitrogens with zero attached hydrogens (tertiary/aromatic N) is 1. The van der Waals surface area contributed by atoms with Gasteiger partial charge in [-0.2, -0.15) is 16.5 Å². The molecule has 0 fully saturated rings. The van der Waals surface area contributed by atoms with Crippen molar-refractivity contribution in [1.82, 2.24) is 9.71 Å². The van der Waals surface area contributed by atoms with Crippen LogP contribution in [0.15, 0.2) is 65.7 Å². The van der Waals surface area contributed by atoms with Crippen LogP contribution >= 0.6 is 11.8 Å². The lowest BCUT2D eigenvalue weighted by Crippen LogP contribution is -2.43. The molecule has 0 amide bonds. The van der Waals surface area contributed by atoms with Gasteiger partial charge in [-0.05, 0) is 36.8 Å². The standard InChI is InChI=1S/C22H24N2O5S2/c1-3-29-19-11-12-20(17-10-7-13-23-21(17)19)31(26,27)24-18(22(25)28-2)15-30-14-16-8-5-4-6-9-16/h4-13,18,24H,3,14-15H2,1-2H3/t18-/m0/s1. The number of nitrogens with one attached hydrogen (secondary N) is 1. The summed E-state index contributed by atoms with van der Waals surface area (Å²) in [6.45, 7) is 2.27. The Kier molecular flexibility index (Phi) is 7.89. The van der Waals surface area contributed by atoms with Gasteiger partial charge in [0, 0.05) is 23.1 Å². The average molecular weight is 461 g/mol. The van der Waals surface area contributed by atoms with E-state index in [1.807, 2.05) is 37.3 Å². The van der Waals surface area contributed by atoms with Crippen LogP contribution in [0.4, 0.5) is 0 Å². The van der Waals surface area contributed by atoms with E-state index < -0.39 is 22.0 Å². The molecule has 1 heterocycles. The number of hydrogen-bond donors (Lipinski definition) is 1. The minimum absolute atomic E-state index is 0.0287. The number of carbonyl (C=O) groups is 1. The first-order chi connectivity index (χ1) is 15.0. The van der Waals surface area contributed by atoms with Crippen molar-refractivity contribution < 1.29 is 22.7 Å². The first-order valence-corrected chi connectivity index (χ1v) is 12.3. The molecule has 1 N–H and O–H groups in total. The Balaban J connectivity index is 1.83. The summed E-state index contributed by atoms with van der Waals surface area (Å²) in [5.41, 5.74) is 1.53. The summed E-state index contributed by atoms with van der Waals surface area (Å²) in [4.78, 5) is 16.6. The quantitative estimate of drug-likeness (QED) is 0.464. The molecule has 0 bridgehead atoms. The monoisotopic (exact) mass is 460 g/mol. The van der Waals surface area contributed by atoms with Crippen molar-refractivity contribution in [1.29, 1.82) is 0 Å². The van der Waals surface area contributed by atoms with E-state index in [0.717, 1.165) is 5.56 Å². The van der Waals surface area contributed by atoms with Crippen molar-refractivity contribution in [2.75, 3.05) is 19.5 Å². The predicted molar refractivity (Wildman–Crippen MR) is 122 cm³/mol. The maximum absolute atomic E-state index is 13.2. The lowest BCUT2D eigenvalue weighted by molar-refractivity contribution is -0.141. The van der Waals surface area contributed by atoms with E-state index in [4.69, 9.17) is 9.47 Å². The maximum Gasteiger partial charge on any atom is 0.324 e. The molecule has 164 valence electrons. The number of thioether (sulfide) groups is 1. The molecule has 7 nitrogen and oxygen atoms in total. The van der Waals surface area contributed by atoms with Gasteiger partial charge in [-0.1, -0.05) is 30.3 Å². The molecule has 2 aromatic carbocycles. The maximum atomic E-state index is 13.2. The van der Waals surface area contributed by atoms with Crippen molar-refractivity contribution in [2.45, 2.75) is 23.6 Å². The van der Waals surface area contributed by atoms with Crippen molar-refractivity contribution in [3.63, 3.8) is 0 Å². The van der Waals surface area contributed by atoms with Gasteiger partial charge in [0.25, 0.3) is 0 Å². The number of hydrogen-bond acceptors (Lipinski definition) is 7. The summed E-state index contributed by atoms with van der Waals surface area (Å²) in [5.74, 6) is 0.734. The SMILES string of the molecule is CCOc1ccc(S(=O)(=O)N[C@@H](CSCc2ccccc2)C(=O)OC)c2cccnc12. The van der Waals surface area contributed by atoms with Gasteiger partial charge < -0.3 is 9.47 Å². The van der Waals surface area contributed by atoms with Crippen molar-refractivity contribution in [3.05, 3.63) is 66.4 Å². The van der Waals surface area contributed by atoms with Gasteiger partial charge in [0.2, 0.25) is 10.0 Å². The van der Waals surface area contributed by atoms with E-state index in [1.54, 1.807) is 24.4 Å². The smallest absolute Gasteiger partial charge is 0.324 e. The van der Waals surface area contributed by atoms with Crippen LogP contribution in [0.25, 0.3) is 10.9 Å². The molecule has 0 aliphatic heterocycles. The minimum atomic E-state index is -4.03. The Morgan fingerprint density at radius 3 is 2.61 bits per heavy atom. The van der Waals surface area contributed by atoms with E-state index in [-0.39, 0.29) is 10.6 Å². The second kappa shape index (κ2) is 10.6. The van der Waals surface area contributed by atoms with E-state index >= 15 is 0 Å². The fourth-order valence-electron chi connectivity index (χ4n) is 3.04. The number of fused-ring (bicyclic) bond motifs is 1. The summed E-state index contributed by atoms with van der Waals surface area (Å²) in [6, 6.07) is 15.1. The van der Waals surface area contributed by atoms with Crippen LogP contribution in [0.3, 0.4) is 0 Å². The predicted octanol–water partition coefficient (Wildman–Crippen LogP) is 3.39. The van der Waals surface area contributed by atoms with E-state index in [2.05, 4.69) is 9.71 Å². The third-order valence-electron chi connectivity index (χ3n) is 4.46. The molecule has 0 radical (unpaired) electrons. The van der Waals surface area contributed by atoms with Gasteiger partial charge in [-0.25, -0.2) is 8.42 Å². The summed E-state index contributed by atoms with van der Waals surface area (Å²) >= 11 is 1.45. The molecule has 0 saturated heterocycles. The lowest BCUT2D eigenvalue weighted by Gasteiger charge is -2.18. The van der Waals surface area contributed by atoms with Gasteiger partial charge in [-0.3, -0.25) is 9.78 Å². The Hall–Kier alpha value is -2.62. The summed E-state index contributed by atoms with van der Waals surface area (Å²) in [6.07, 6.45) is 1.58. The number of methoxy groups -OCH3 is 1. The lowest BCUT2D eigenvalue weighted by atomic mass is 10.2. The molecule has 9 heteroatoms. The Morgan fingerprint density at radius 1 is 1.13 bits per heavy atom. The number of ether oxygens (including phenoxy) is 2. The minimum Gasteiger partial charge on any atom is -0.492 e. The van der Waals surface area contributed by atoms with E-state index in [0.29, 0.717) is 29.0 Å². The molecule has 0 spiro atoms. The van der Waals surface area contributed by atoms with Crippen LogP contribution in [-0.4, -0.2) is 44.9 Å². The normalized spacial score (nSPS) is 12.5. The summed E-state index contributed by atoms with van der Waals surface area (Å²) < 4.78 is 39.3. The van der Waals surface area contributed by atoms with Crippen molar-refractivity contribution in [2.24, 2.45) is 0 Å². The van der Waals surface area contributed by atoms with Gasteiger partial charge in [-0.15, -0.1) is 0 Å². The largest absolute Gasteiger partial charge is 0.492 e. The molecule has 3 aromatic rings. The second-order valence-electron chi connectivity index (χ2n) is 6.59. The fourth-order valence-corrected chi connectivity index (χ4v) is 5.53. The average Bonchev–Trinajstić information content (AvgIpc) is 2.78. The molecular weight excluding hydrogens is 436 g/mol. The number of benzene rings is 2. The molecule has 0 aliphatic rings. The summed E-state index contributed by atoms with van der Waals surface area (Å²) in [7, 11) is -2.79. The number of rotatable bonds is 10. The molecule has 3 rings (SSSR count). The van der Waals surface area contributed by atoms with Gasteiger partial charge >= 0.3 is 5.97 Å². The zero-order valence-electron chi connectivity index (χ0n) is 17.3. The highest BCUT2D eigenvalue weighted by Gasteiger charge is 2.28. The van der Waals surface area contributed by atoms with Crippen LogP contribution in [0.1, 0.15) is 12.5 Å². The number of pyridine rings is 1. The van der Waals surface area contributed by atoms with Crippen LogP contribution in [0.5, 0.6) is 5.75 Å².